The second kappa shape index (κ2) is 16.5. The molecule has 32 heavy (non-hydrogen) atoms. The van der Waals surface area contributed by atoms with Gasteiger partial charge in [-0.15, -0.1) is 0 Å². The van der Waals surface area contributed by atoms with E-state index in [0.29, 0.717) is 17.5 Å². The molecule has 0 fully saturated rings. The van der Waals surface area contributed by atoms with E-state index >= 15 is 0 Å². The Morgan fingerprint density at radius 2 is 1.25 bits per heavy atom. The summed E-state index contributed by atoms with van der Waals surface area (Å²) in [6, 6.07) is 8.29. The maximum Gasteiger partial charge on any atom is 0.287 e. The first-order chi connectivity index (χ1) is 15.7. The van der Waals surface area contributed by atoms with Crippen molar-refractivity contribution in [2.24, 2.45) is 0 Å². The maximum atomic E-state index is 12.3. The molecule has 2 rings (SSSR count). The lowest BCUT2D eigenvalue weighted by Crippen LogP contribution is -2.25. The summed E-state index contributed by atoms with van der Waals surface area (Å²) in [5, 5.41) is 3.37. The summed E-state index contributed by atoms with van der Waals surface area (Å²) in [6.07, 6.45) is 21.3. The molecule has 0 bridgehead atoms. The predicted molar refractivity (Wildman–Crippen MR) is 134 cm³/mol. The molecule has 0 saturated heterocycles. The Morgan fingerprint density at radius 1 is 0.750 bits per heavy atom. The molecule has 2 aromatic rings. The molecule has 1 N–H and O–H groups in total. The van der Waals surface area contributed by atoms with Crippen LogP contribution in [0.15, 0.2) is 39.5 Å². The van der Waals surface area contributed by atoms with E-state index in [-0.39, 0.29) is 17.1 Å². The number of carbonyl (C=O) groups is 1. The Morgan fingerprint density at radius 3 is 1.81 bits per heavy atom. The van der Waals surface area contributed by atoms with Gasteiger partial charge in [-0.3, -0.25) is 9.59 Å². The van der Waals surface area contributed by atoms with Gasteiger partial charge in [-0.2, -0.15) is 0 Å². The van der Waals surface area contributed by atoms with Crippen molar-refractivity contribution in [2.45, 2.75) is 110 Å². The Bertz CT molecular complexity index is 827. The molecule has 0 aliphatic rings. The van der Waals surface area contributed by atoms with Gasteiger partial charge < -0.3 is 9.73 Å². The lowest BCUT2D eigenvalue weighted by molar-refractivity contribution is 0.0926. The van der Waals surface area contributed by atoms with Crippen molar-refractivity contribution in [1.82, 2.24) is 5.32 Å². The molecule has 0 radical (unpaired) electrons. The summed E-state index contributed by atoms with van der Waals surface area (Å²) in [7, 11) is 0. The highest BCUT2D eigenvalue weighted by atomic mass is 16.3. The number of fused-ring (bicyclic) bond motifs is 1. The maximum absolute atomic E-state index is 12.3. The molecular formula is C28H43NO3. The van der Waals surface area contributed by atoms with Crippen LogP contribution < -0.4 is 10.7 Å². The second-order valence-electron chi connectivity index (χ2n) is 9.03. The van der Waals surface area contributed by atoms with Crippen molar-refractivity contribution in [3.8, 4) is 0 Å². The molecule has 0 aliphatic carbocycles. The van der Waals surface area contributed by atoms with Crippen molar-refractivity contribution in [1.29, 1.82) is 0 Å². The third kappa shape index (κ3) is 10.5. The van der Waals surface area contributed by atoms with Crippen molar-refractivity contribution < 1.29 is 9.21 Å². The van der Waals surface area contributed by atoms with Crippen LogP contribution in [-0.4, -0.2) is 12.5 Å². The van der Waals surface area contributed by atoms with Gasteiger partial charge in [-0.25, -0.2) is 0 Å². The Labute approximate surface area is 194 Å². The van der Waals surface area contributed by atoms with Crippen molar-refractivity contribution in [3.63, 3.8) is 0 Å². The Kier molecular flexibility index (Phi) is 13.5. The monoisotopic (exact) mass is 441 g/mol. The molecule has 178 valence electrons. The molecule has 1 aromatic heterocycles. The van der Waals surface area contributed by atoms with Gasteiger partial charge in [-0.1, -0.05) is 115 Å². The summed E-state index contributed by atoms with van der Waals surface area (Å²) in [4.78, 5) is 24.4. The highest BCUT2D eigenvalue weighted by Crippen LogP contribution is 2.14. The summed E-state index contributed by atoms with van der Waals surface area (Å²) in [5.74, 6) is -0.223. The van der Waals surface area contributed by atoms with E-state index in [4.69, 9.17) is 4.42 Å². The third-order valence-corrected chi connectivity index (χ3v) is 6.17. The third-order valence-electron chi connectivity index (χ3n) is 6.17. The first-order valence-electron chi connectivity index (χ1n) is 13.0. The first kappa shape index (κ1) is 26.2. The van der Waals surface area contributed by atoms with Gasteiger partial charge in [0.15, 0.2) is 11.2 Å². The number of hydrogen-bond acceptors (Lipinski definition) is 3. The van der Waals surface area contributed by atoms with Crippen LogP contribution >= 0.6 is 0 Å². The number of unbranched alkanes of at least 4 members (excludes halogenated alkanes) is 15. The van der Waals surface area contributed by atoms with Crippen molar-refractivity contribution in [3.05, 3.63) is 46.3 Å². The van der Waals surface area contributed by atoms with Crippen LogP contribution in [0.25, 0.3) is 11.0 Å². The van der Waals surface area contributed by atoms with Gasteiger partial charge >= 0.3 is 0 Å². The van der Waals surface area contributed by atoms with E-state index in [0.717, 1.165) is 12.8 Å². The Hall–Kier alpha value is -2.10. The van der Waals surface area contributed by atoms with Crippen LogP contribution in [0.5, 0.6) is 0 Å². The molecule has 4 nitrogen and oxygen atoms in total. The average Bonchev–Trinajstić information content (AvgIpc) is 2.81. The van der Waals surface area contributed by atoms with Crippen LogP contribution in [0.4, 0.5) is 0 Å². The fourth-order valence-electron chi connectivity index (χ4n) is 4.18. The molecule has 0 spiro atoms. The van der Waals surface area contributed by atoms with E-state index in [2.05, 4.69) is 12.2 Å². The normalized spacial score (nSPS) is 11.2. The number of carbonyl (C=O) groups excluding carboxylic acids is 1. The van der Waals surface area contributed by atoms with E-state index in [9.17, 15) is 9.59 Å². The topological polar surface area (TPSA) is 59.3 Å². The zero-order valence-corrected chi connectivity index (χ0v) is 20.1. The van der Waals surface area contributed by atoms with Gasteiger partial charge in [0.25, 0.3) is 5.91 Å². The summed E-state index contributed by atoms with van der Waals surface area (Å²) >= 11 is 0. The molecular weight excluding hydrogens is 398 g/mol. The van der Waals surface area contributed by atoms with Crippen molar-refractivity contribution >= 4 is 16.9 Å². The largest absolute Gasteiger partial charge is 0.451 e. The van der Waals surface area contributed by atoms with E-state index in [1.54, 1.807) is 24.3 Å². The van der Waals surface area contributed by atoms with Gasteiger partial charge in [0.1, 0.15) is 5.58 Å². The van der Waals surface area contributed by atoms with Gasteiger partial charge in [0, 0.05) is 12.6 Å². The fourth-order valence-corrected chi connectivity index (χ4v) is 4.18. The minimum Gasteiger partial charge on any atom is -0.451 e. The van der Waals surface area contributed by atoms with Gasteiger partial charge in [0.2, 0.25) is 0 Å². The zero-order chi connectivity index (χ0) is 22.9. The molecule has 4 heteroatoms. The number of amides is 1. The highest BCUT2D eigenvalue weighted by molar-refractivity contribution is 5.93. The highest BCUT2D eigenvalue weighted by Gasteiger charge is 2.11. The zero-order valence-electron chi connectivity index (χ0n) is 20.1. The lowest BCUT2D eigenvalue weighted by Gasteiger charge is -2.06. The molecule has 0 aliphatic heterocycles. The number of para-hydroxylation sites is 1. The van der Waals surface area contributed by atoms with Crippen LogP contribution in [0.1, 0.15) is 120 Å². The number of benzene rings is 1. The SMILES string of the molecule is CCCCCCCCCCCCCCCCCCNC(=O)c1cc(=O)c2ccccc2o1. The van der Waals surface area contributed by atoms with E-state index < -0.39 is 0 Å². The van der Waals surface area contributed by atoms with Crippen molar-refractivity contribution in [2.75, 3.05) is 6.54 Å². The second-order valence-corrected chi connectivity index (χ2v) is 9.03. The van der Waals surface area contributed by atoms with Crippen LogP contribution in [0, 0.1) is 0 Å². The number of nitrogens with one attached hydrogen (secondary N) is 1. The molecule has 1 aromatic carbocycles. The minimum atomic E-state index is -0.311. The molecule has 1 heterocycles. The standard InChI is InChI=1S/C28H43NO3/c1-2-3-4-5-6-7-8-9-10-11-12-13-14-15-16-19-22-29-28(31)27-23-25(30)24-20-17-18-21-26(24)32-27/h17-18,20-21,23H,2-16,19,22H2,1H3,(H,29,31). The predicted octanol–water partition coefficient (Wildman–Crippen LogP) is 7.78. The number of rotatable bonds is 18. The summed E-state index contributed by atoms with van der Waals surface area (Å²) in [6.45, 7) is 2.89. The first-order valence-corrected chi connectivity index (χ1v) is 13.0. The molecule has 0 atom stereocenters. The van der Waals surface area contributed by atoms with Gasteiger partial charge in [0.05, 0.1) is 5.39 Å². The minimum absolute atomic E-state index is 0.0881. The number of hydrogen-bond donors (Lipinski definition) is 1. The van der Waals surface area contributed by atoms with Crippen LogP contribution in [-0.2, 0) is 0 Å². The van der Waals surface area contributed by atoms with Crippen LogP contribution in [0.2, 0.25) is 0 Å². The molecule has 0 saturated carbocycles. The average molecular weight is 442 g/mol. The lowest BCUT2D eigenvalue weighted by atomic mass is 10.0. The quantitative estimate of drug-likeness (QED) is 0.240. The molecule has 1 amide bonds. The molecule has 0 unspecified atom stereocenters. The van der Waals surface area contributed by atoms with E-state index in [1.165, 1.54) is 96.0 Å². The summed E-state index contributed by atoms with van der Waals surface area (Å²) in [5.41, 5.74) is 0.270. The van der Waals surface area contributed by atoms with Gasteiger partial charge in [-0.05, 0) is 18.6 Å². The Balaban J connectivity index is 1.41. The fraction of sp³-hybridized carbons (Fsp3) is 0.643. The van der Waals surface area contributed by atoms with Crippen LogP contribution in [0.3, 0.4) is 0 Å². The summed E-state index contributed by atoms with van der Waals surface area (Å²) < 4.78 is 5.58. The smallest absolute Gasteiger partial charge is 0.287 e. The van der Waals surface area contributed by atoms with E-state index in [1.807, 2.05) is 0 Å².